The number of benzene rings is 3. The number of nitrogens with zero attached hydrogens (tertiary/aromatic N) is 4. The molecule has 16 nitrogen and oxygen atoms in total. The predicted octanol–water partition coefficient (Wildman–Crippen LogP) is 5.80. The van der Waals surface area contributed by atoms with Crippen LogP contribution in [0.4, 0.5) is 9.59 Å². The van der Waals surface area contributed by atoms with Crippen LogP contribution in [0.1, 0.15) is 70.9 Å². The summed E-state index contributed by atoms with van der Waals surface area (Å²) in [6.07, 6.45) is 0.858. The molecule has 2 aliphatic rings. The highest BCUT2D eigenvalue weighted by molar-refractivity contribution is 6.00. The fourth-order valence-electron chi connectivity index (χ4n) is 8.01. The summed E-state index contributed by atoms with van der Waals surface area (Å²) in [5.41, 5.74) is 8.43. The van der Waals surface area contributed by atoms with E-state index in [9.17, 15) is 28.8 Å². The second kappa shape index (κ2) is 21.3. The number of aromatic nitrogens is 1. The van der Waals surface area contributed by atoms with Crippen molar-refractivity contribution in [3.05, 3.63) is 126 Å². The monoisotopic (exact) mass is 860 g/mol. The van der Waals surface area contributed by atoms with Crippen molar-refractivity contribution in [1.82, 2.24) is 25.0 Å². The van der Waals surface area contributed by atoms with Crippen LogP contribution in [-0.2, 0) is 32.1 Å². The first-order chi connectivity index (χ1) is 30.7. The minimum atomic E-state index is -1.13. The van der Waals surface area contributed by atoms with Crippen molar-refractivity contribution in [3.63, 3.8) is 0 Å². The summed E-state index contributed by atoms with van der Waals surface area (Å²) in [7, 11) is 0. The molecule has 5 aromatic rings. The molecule has 2 aliphatic heterocycles. The van der Waals surface area contributed by atoms with Crippen LogP contribution in [0.25, 0.3) is 11.1 Å². The number of ether oxygens (including phenoxy) is 2. The van der Waals surface area contributed by atoms with E-state index in [-0.39, 0.29) is 76.2 Å². The highest BCUT2D eigenvalue weighted by Gasteiger charge is 2.45. The maximum absolute atomic E-state index is 14.8. The number of para-hydroxylation sites is 2. The van der Waals surface area contributed by atoms with Gasteiger partial charge in [0.05, 0.1) is 18.8 Å². The van der Waals surface area contributed by atoms with Gasteiger partial charge in [0.15, 0.2) is 17.1 Å². The highest BCUT2D eigenvalue weighted by Crippen LogP contribution is 2.29. The molecule has 0 unspecified atom stereocenters. The quantitative estimate of drug-likeness (QED) is 0.0792. The normalized spacial score (nSPS) is 17.3. The van der Waals surface area contributed by atoms with E-state index in [1.807, 2.05) is 60.7 Å². The van der Waals surface area contributed by atoms with E-state index < -0.39 is 53.8 Å². The molecule has 3 N–H and O–H groups in total. The van der Waals surface area contributed by atoms with E-state index >= 15 is 0 Å². The van der Waals surface area contributed by atoms with Crippen molar-refractivity contribution in [1.29, 1.82) is 0 Å². The Morgan fingerprint density at radius 1 is 0.810 bits per heavy atom. The molecule has 63 heavy (non-hydrogen) atoms. The number of Topliss-reactive ketones (excluding diaryl/α,β-unsaturated/α-hetero) is 2. The summed E-state index contributed by atoms with van der Waals surface area (Å²) >= 11 is 0. The molecule has 2 aromatic heterocycles. The highest BCUT2D eigenvalue weighted by atomic mass is 16.6. The van der Waals surface area contributed by atoms with Gasteiger partial charge >= 0.3 is 12.2 Å². The number of carbonyl (C=O) groups excluding carboxylic acids is 6. The standard InChI is InChI=1S/C47H52N6O10/c48-22-10-9-16-34(42(55)43-49-36-17-7-8-18-40(36)63-43)28-39(54)38-29-35(62-47(59)52-25-23-51(24-26-52)45(57)41-19-11-27-60-41)30-53(38)44(56)37(21-20-32-12-3-1-4-13-32)50-46(58)61-31-33-14-5-2-6-15-33/h1-8,11-15,17-19,27,34-35,37-38H,9-10,16,20-26,28-31,48H2,(H,50,58)/t34-,35-,37-,38+/m1/s1. The summed E-state index contributed by atoms with van der Waals surface area (Å²) in [6.45, 7) is 1.12. The Kier molecular flexibility index (Phi) is 15.0. The van der Waals surface area contributed by atoms with Gasteiger partial charge in [0.2, 0.25) is 11.7 Å². The molecule has 0 saturated carbocycles. The fourth-order valence-corrected chi connectivity index (χ4v) is 8.01. The molecule has 0 radical (unpaired) electrons. The summed E-state index contributed by atoms with van der Waals surface area (Å²) in [6, 6.07) is 26.6. The van der Waals surface area contributed by atoms with Crippen LogP contribution in [0.15, 0.2) is 112 Å². The first-order valence-corrected chi connectivity index (χ1v) is 21.4. The lowest BCUT2D eigenvalue weighted by atomic mass is 9.89. The topological polar surface area (TPSA) is 208 Å². The number of hydrogen-bond acceptors (Lipinski definition) is 12. The second-order valence-electron chi connectivity index (χ2n) is 15.8. The third-order valence-electron chi connectivity index (χ3n) is 11.4. The SMILES string of the molecule is NCCCC[C@H](CC(=O)[C@@H]1C[C@@H](OC(=O)N2CCN(C(=O)c3ccco3)CC2)CN1C(=O)[C@@H](CCc1ccccc1)NC(=O)OCc1ccccc1)C(=O)c1nc2ccccc2o1. The van der Waals surface area contributed by atoms with Crippen LogP contribution in [-0.4, -0.2) is 113 Å². The molecular formula is C47H52N6O10. The summed E-state index contributed by atoms with van der Waals surface area (Å²) in [5.74, 6) is -2.44. The predicted molar refractivity (Wildman–Crippen MR) is 229 cm³/mol. The number of carbonyl (C=O) groups is 6. The smallest absolute Gasteiger partial charge is 0.410 e. The Morgan fingerprint density at radius 2 is 1.51 bits per heavy atom. The molecule has 3 aromatic carbocycles. The van der Waals surface area contributed by atoms with Crippen molar-refractivity contribution in [3.8, 4) is 0 Å². The molecule has 0 bridgehead atoms. The molecule has 4 amide bonds. The van der Waals surface area contributed by atoms with Crippen LogP contribution < -0.4 is 11.1 Å². The van der Waals surface area contributed by atoms with Gasteiger partial charge in [-0.25, -0.2) is 14.6 Å². The van der Waals surface area contributed by atoms with E-state index in [1.165, 1.54) is 16.1 Å². The number of likely N-dealkylation sites (tertiary alicyclic amines) is 1. The molecule has 330 valence electrons. The van der Waals surface area contributed by atoms with E-state index in [1.54, 1.807) is 41.3 Å². The number of nitrogens with one attached hydrogen (secondary N) is 1. The minimum absolute atomic E-state index is 0.0277. The summed E-state index contributed by atoms with van der Waals surface area (Å²) < 4.78 is 22.6. The lowest BCUT2D eigenvalue weighted by Crippen LogP contribution is -2.52. The number of oxazole rings is 1. The lowest BCUT2D eigenvalue weighted by molar-refractivity contribution is -0.139. The number of unbranched alkanes of at least 4 members (excludes halogenated alkanes) is 1. The molecule has 16 heteroatoms. The van der Waals surface area contributed by atoms with Gasteiger partial charge in [-0.05, 0) is 67.6 Å². The van der Waals surface area contributed by atoms with E-state index in [0.29, 0.717) is 43.3 Å². The Labute approximate surface area is 364 Å². The number of furan rings is 1. The van der Waals surface area contributed by atoms with Gasteiger partial charge in [-0.1, -0.05) is 79.2 Å². The molecule has 4 atom stereocenters. The largest absolute Gasteiger partial charge is 0.459 e. The molecule has 0 spiro atoms. The van der Waals surface area contributed by atoms with Crippen LogP contribution >= 0.6 is 0 Å². The van der Waals surface area contributed by atoms with E-state index in [0.717, 1.165) is 11.1 Å². The van der Waals surface area contributed by atoms with Crippen LogP contribution in [0.3, 0.4) is 0 Å². The van der Waals surface area contributed by atoms with E-state index in [4.69, 9.17) is 24.0 Å². The summed E-state index contributed by atoms with van der Waals surface area (Å²) in [4.78, 5) is 92.0. The third-order valence-corrected chi connectivity index (χ3v) is 11.4. The maximum atomic E-state index is 14.8. The number of hydrogen-bond donors (Lipinski definition) is 2. The zero-order valence-corrected chi connectivity index (χ0v) is 35.0. The number of rotatable bonds is 18. The van der Waals surface area contributed by atoms with Crippen LogP contribution in [0.2, 0.25) is 0 Å². The van der Waals surface area contributed by atoms with Crippen molar-refractivity contribution < 1.29 is 47.1 Å². The first-order valence-electron chi connectivity index (χ1n) is 21.4. The lowest BCUT2D eigenvalue weighted by Gasteiger charge is -2.34. The minimum Gasteiger partial charge on any atom is -0.459 e. The van der Waals surface area contributed by atoms with Gasteiger partial charge in [0, 0.05) is 44.9 Å². The van der Waals surface area contributed by atoms with Crippen molar-refractivity contribution in [2.45, 2.75) is 69.7 Å². The Morgan fingerprint density at radius 3 is 2.21 bits per heavy atom. The average molecular weight is 861 g/mol. The Bertz CT molecular complexity index is 2290. The molecule has 4 heterocycles. The van der Waals surface area contributed by atoms with Gasteiger partial charge in [0.25, 0.3) is 11.8 Å². The second-order valence-corrected chi connectivity index (χ2v) is 15.8. The fraction of sp³-hybridized carbons (Fsp3) is 0.383. The third kappa shape index (κ3) is 11.6. The number of ketones is 2. The van der Waals surface area contributed by atoms with Gasteiger partial charge in [-0.15, -0.1) is 0 Å². The number of alkyl carbamates (subject to hydrolysis) is 1. The number of fused-ring (bicyclic) bond motifs is 1. The number of piperazine rings is 1. The number of aryl methyl sites for hydroxylation is 1. The molecule has 0 aliphatic carbocycles. The van der Waals surface area contributed by atoms with Crippen molar-refractivity contribution in [2.75, 3.05) is 39.3 Å². The van der Waals surface area contributed by atoms with Crippen LogP contribution in [0.5, 0.6) is 0 Å². The van der Waals surface area contributed by atoms with Gasteiger partial charge in [0.1, 0.15) is 24.3 Å². The molecular weight excluding hydrogens is 809 g/mol. The van der Waals surface area contributed by atoms with Crippen molar-refractivity contribution >= 4 is 46.7 Å². The van der Waals surface area contributed by atoms with Crippen molar-refractivity contribution in [2.24, 2.45) is 11.7 Å². The van der Waals surface area contributed by atoms with Gasteiger partial charge < -0.3 is 44.1 Å². The average Bonchev–Trinajstić information content (AvgIpc) is 4.11. The Hall–Kier alpha value is -6.81. The Balaban J connectivity index is 1.10. The van der Waals surface area contributed by atoms with Gasteiger partial charge in [-0.3, -0.25) is 19.2 Å². The van der Waals surface area contributed by atoms with Gasteiger partial charge in [-0.2, -0.15) is 0 Å². The summed E-state index contributed by atoms with van der Waals surface area (Å²) in [5, 5.41) is 2.75. The van der Waals surface area contributed by atoms with E-state index in [2.05, 4.69) is 10.3 Å². The van der Waals surface area contributed by atoms with Crippen LogP contribution in [0, 0.1) is 5.92 Å². The zero-order valence-electron chi connectivity index (χ0n) is 35.0. The molecule has 7 rings (SSSR count). The first kappa shape index (κ1) is 44.3. The number of nitrogens with two attached hydrogens (primary N) is 1. The molecule has 2 fully saturated rings. The number of amides is 4. The zero-order chi connectivity index (χ0) is 44.1. The molecule has 2 saturated heterocycles. The maximum Gasteiger partial charge on any atom is 0.410 e.